The molecule has 1 unspecified atom stereocenters. The van der Waals surface area contributed by atoms with E-state index in [0.29, 0.717) is 6.54 Å². The van der Waals surface area contributed by atoms with Crippen molar-refractivity contribution in [2.24, 2.45) is 4.99 Å². The second-order valence-corrected chi connectivity index (χ2v) is 7.37. The monoisotopic (exact) mass is 522 g/mol. The van der Waals surface area contributed by atoms with E-state index < -0.39 is 0 Å². The summed E-state index contributed by atoms with van der Waals surface area (Å²) in [6.07, 6.45) is 9.20. The lowest BCUT2D eigenvalue weighted by Crippen LogP contribution is -2.39. The Labute approximate surface area is 195 Å². The highest BCUT2D eigenvalue weighted by molar-refractivity contribution is 14.0. The van der Waals surface area contributed by atoms with E-state index in [4.69, 9.17) is 9.41 Å². The molecule has 162 valence electrons. The molecule has 2 N–H and O–H groups in total. The van der Waals surface area contributed by atoms with E-state index in [1.54, 1.807) is 6.26 Å². The van der Waals surface area contributed by atoms with E-state index in [2.05, 4.69) is 44.1 Å². The Morgan fingerprint density at radius 2 is 2.07 bits per heavy atom. The van der Waals surface area contributed by atoms with Crippen LogP contribution in [0.1, 0.15) is 37.3 Å². The van der Waals surface area contributed by atoms with Gasteiger partial charge in [0.15, 0.2) is 5.96 Å². The van der Waals surface area contributed by atoms with Crippen molar-refractivity contribution in [3.05, 3.63) is 60.4 Å². The van der Waals surface area contributed by atoms with Gasteiger partial charge in [0.25, 0.3) is 0 Å². The zero-order valence-corrected chi connectivity index (χ0v) is 19.8. The van der Waals surface area contributed by atoms with Crippen molar-refractivity contribution in [2.75, 3.05) is 32.7 Å². The third kappa shape index (κ3) is 5.75. The van der Waals surface area contributed by atoms with E-state index in [0.717, 1.165) is 55.7 Å². The minimum atomic E-state index is 0. The van der Waals surface area contributed by atoms with Gasteiger partial charge >= 0.3 is 0 Å². The number of hydrogen-bond donors (Lipinski definition) is 2. The maximum absolute atomic E-state index is 5.71. The number of furan rings is 1. The summed E-state index contributed by atoms with van der Waals surface area (Å²) in [5.41, 5.74) is 2.06. The zero-order valence-electron chi connectivity index (χ0n) is 17.5. The van der Waals surface area contributed by atoms with Crippen LogP contribution in [0.3, 0.4) is 0 Å². The van der Waals surface area contributed by atoms with Gasteiger partial charge < -0.3 is 19.5 Å². The molecule has 0 saturated carbocycles. The van der Waals surface area contributed by atoms with Gasteiger partial charge in [0.1, 0.15) is 11.4 Å². The summed E-state index contributed by atoms with van der Waals surface area (Å²) in [4.78, 5) is 12.0. The SMILES string of the molecule is CCNC(=NCC(c1ccco1)N1CCCC1)NCCc1cn2ccccc2n1.I. The quantitative estimate of drug-likeness (QED) is 0.270. The second kappa shape index (κ2) is 11.4. The molecule has 4 heterocycles. The Balaban J connectivity index is 0.00000256. The second-order valence-electron chi connectivity index (χ2n) is 7.37. The summed E-state index contributed by atoms with van der Waals surface area (Å²) < 4.78 is 7.76. The van der Waals surface area contributed by atoms with Crippen LogP contribution in [0.15, 0.2) is 58.4 Å². The Kier molecular flexibility index (Phi) is 8.56. The molecule has 3 aromatic rings. The van der Waals surface area contributed by atoms with Crippen LogP contribution in [0, 0.1) is 0 Å². The maximum atomic E-state index is 5.71. The number of hydrogen-bond acceptors (Lipinski definition) is 4. The molecule has 4 rings (SSSR count). The Bertz CT molecular complexity index is 884. The molecule has 8 heteroatoms. The Morgan fingerprint density at radius 1 is 1.20 bits per heavy atom. The first-order valence-electron chi connectivity index (χ1n) is 10.6. The van der Waals surface area contributed by atoms with E-state index >= 15 is 0 Å². The predicted molar refractivity (Wildman–Crippen MR) is 131 cm³/mol. The number of aliphatic imine (C=N–C) groups is 1. The van der Waals surface area contributed by atoms with Crippen LogP contribution in [0.4, 0.5) is 0 Å². The molecule has 1 aliphatic rings. The predicted octanol–water partition coefficient (Wildman–Crippen LogP) is 3.48. The highest BCUT2D eigenvalue weighted by Gasteiger charge is 2.25. The first kappa shape index (κ1) is 22.6. The number of imidazole rings is 1. The standard InChI is InChI=1S/C22H30N6O.HI/c1-2-23-22(24-11-10-18-17-28-14-4-3-9-21(28)26-18)25-16-19(20-8-7-15-29-20)27-12-5-6-13-27;/h3-4,7-9,14-15,17,19H,2,5-6,10-13,16H2,1H3,(H2,23,24,25);1H. The van der Waals surface area contributed by atoms with Crippen LogP contribution in [0.25, 0.3) is 5.65 Å². The van der Waals surface area contributed by atoms with Crippen LogP contribution in [-0.4, -0.2) is 53.0 Å². The fourth-order valence-electron chi connectivity index (χ4n) is 3.86. The number of rotatable bonds is 8. The van der Waals surface area contributed by atoms with Crippen LogP contribution in [-0.2, 0) is 6.42 Å². The van der Waals surface area contributed by atoms with Gasteiger partial charge in [-0.3, -0.25) is 9.89 Å². The lowest BCUT2D eigenvalue weighted by molar-refractivity contribution is 0.221. The third-order valence-electron chi connectivity index (χ3n) is 5.31. The minimum Gasteiger partial charge on any atom is -0.468 e. The molecule has 30 heavy (non-hydrogen) atoms. The summed E-state index contributed by atoms with van der Waals surface area (Å²) in [6.45, 7) is 6.60. The molecule has 0 aromatic carbocycles. The van der Waals surface area contributed by atoms with Crippen molar-refractivity contribution in [1.82, 2.24) is 24.9 Å². The number of nitrogens with zero attached hydrogens (tertiary/aromatic N) is 4. The smallest absolute Gasteiger partial charge is 0.191 e. The average Bonchev–Trinajstić information content (AvgIpc) is 3.49. The van der Waals surface area contributed by atoms with Gasteiger partial charge in [0, 0.05) is 31.9 Å². The molecule has 7 nitrogen and oxygen atoms in total. The fourth-order valence-corrected chi connectivity index (χ4v) is 3.86. The van der Waals surface area contributed by atoms with Crippen LogP contribution < -0.4 is 10.6 Å². The summed E-state index contributed by atoms with van der Waals surface area (Å²) in [6, 6.07) is 10.3. The number of fused-ring (bicyclic) bond motifs is 1. The van der Waals surface area contributed by atoms with Crippen molar-refractivity contribution < 1.29 is 4.42 Å². The molecule has 0 aliphatic carbocycles. The summed E-state index contributed by atoms with van der Waals surface area (Å²) >= 11 is 0. The Hall–Kier alpha value is -2.07. The van der Waals surface area contributed by atoms with Crippen molar-refractivity contribution in [3.63, 3.8) is 0 Å². The van der Waals surface area contributed by atoms with Gasteiger partial charge in [-0.05, 0) is 57.1 Å². The van der Waals surface area contributed by atoms with E-state index in [1.807, 2.05) is 30.5 Å². The normalized spacial score (nSPS) is 15.8. The highest BCUT2D eigenvalue weighted by Crippen LogP contribution is 2.25. The number of nitrogens with one attached hydrogen (secondary N) is 2. The number of likely N-dealkylation sites (tertiary alicyclic amines) is 1. The third-order valence-corrected chi connectivity index (χ3v) is 5.31. The molecule has 3 aromatic heterocycles. The van der Waals surface area contributed by atoms with Gasteiger partial charge in [0.05, 0.1) is 24.5 Å². The lowest BCUT2D eigenvalue weighted by Gasteiger charge is -2.24. The van der Waals surface area contributed by atoms with Crippen LogP contribution >= 0.6 is 24.0 Å². The number of pyridine rings is 1. The minimum absolute atomic E-state index is 0. The average molecular weight is 522 g/mol. The van der Waals surface area contributed by atoms with Crippen molar-refractivity contribution in [1.29, 1.82) is 0 Å². The molecule has 0 bridgehead atoms. The summed E-state index contributed by atoms with van der Waals surface area (Å²) in [5, 5.41) is 6.80. The topological polar surface area (TPSA) is 70.1 Å². The first-order chi connectivity index (χ1) is 14.3. The van der Waals surface area contributed by atoms with Gasteiger partial charge in [-0.1, -0.05) is 6.07 Å². The van der Waals surface area contributed by atoms with Gasteiger partial charge in [-0.25, -0.2) is 4.98 Å². The summed E-state index contributed by atoms with van der Waals surface area (Å²) in [5.74, 6) is 1.84. The van der Waals surface area contributed by atoms with Gasteiger partial charge in [-0.15, -0.1) is 24.0 Å². The highest BCUT2D eigenvalue weighted by atomic mass is 127. The fraction of sp³-hybridized carbons (Fsp3) is 0.455. The van der Waals surface area contributed by atoms with Crippen molar-refractivity contribution >= 4 is 35.6 Å². The van der Waals surface area contributed by atoms with Crippen molar-refractivity contribution in [3.8, 4) is 0 Å². The number of aromatic nitrogens is 2. The molecule has 0 amide bonds. The Morgan fingerprint density at radius 3 is 2.80 bits per heavy atom. The van der Waals surface area contributed by atoms with E-state index in [1.165, 1.54) is 12.8 Å². The van der Waals surface area contributed by atoms with Gasteiger partial charge in [-0.2, -0.15) is 0 Å². The van der Waals surface area contributed by atoms with Gasteiger partial charge in [0.2, 0.25) is 0 Å². The number of halogens is 1. The number of guanidine groups is 1. The van der Waals surface area contributed by atoms with Crippen LogP contribution in [0.2, 0.25) is 0 Å². The molecule has 1 saturated heterocycles. The molecular weight excluding hydrogens is 491 g/mol. The van der Waals surface area contributed by atoms with Crippen LogP contribution in [0.5, 0.6) is 0 Å². The lowest BCUT2D eigenvalue weighted by atomic mass is 10.2. The summed E-state index contributed by atoms with van der Waals surface area (Å²) in [7, 11) is 0. The van der Waals surface area contributed by atoms with E-state index in [-0.39, 0.29) is 30.0 Å². The molecule has 0 radical (unpaired) electrons. The largest absolute Gasteiger partial charge is 0.468 e. The molecule has 1 fully saturated rings. The zero-order chi connectivity index (χ0) is 19.9. The molecule has 1 atom stereocenters. The molecule has 1 aliphatic heterocycles. The maximum Gasteiger partial charge on any atom is 0.191 e. The van der Waals surface area contributed by atoms with E-state index in [9.17, 15) is 0 Å². The molecule has 0 spiro atoms. The molecular formula is C22H31IN6O. The van der Waals surface area contributed by atoms with Crippen molar-refractivity contribution in [2.45, 2.75) is 32.2 Å². The first-order valence-corrected chi connectivity index (χ1v) is 10.6.